The molecule has 0 aromatic heterocycles. The Morgan fingerprint density at radius 2 is 1.20 bits per heavy atom. The van der Waals surface area contributed by atoms with E-state index in [2.05, 4.69) is 10.6 Å². The van der Waals surface area contributed by atoms with Gasteiger partial charge in [-0.2, -0.15) is 0 Å². The van der Waals surface area contributed by atoms with Gasteiger partial charge in [0.1, 0.15) is 0 Å². The number of nitrogens with one attached hydrogen (secondary N) is 2. The van der Waals surface area contributed by atoms with Crippen LogP contribution in [0, 0.1) is 0 Å². The van der Waals surface area contributed by atoms with Gasteiger partial charge in [0.25, 0.3) is 0 Å². The molecule has 15 heavy (non-hydrogen) atoms. The summed E-state index contributed by atoms with van der Waals surface area (Å²) in [6, 6.07) is 0. The molecule has 0 fully saturated rings. The molecular formula is C12H12N2S. The fraction of sp³-hybridized carbons (Fsp3) is 0. The molecule has 2 aliphatic heterocycles. The Labute approximate surface area is 93.8 Å². The van der Waals surface area contributed by atoms with Gasteiger partial charge in [-0.3, -0.25) is 0 Å². The molecule has 0 saturated heterocycles. The summed E-state index contributed by atoms with van der Waals surface area (Å²) in [4.78, 5) is 0. The highest BCUT2D eigenvalue weighted by molar-refractivity contribution is 8.06. The van der Waals surface area contributed by atoms with Crippen molar-refractivity contribution in [1.82, 2.24) is 10.6 Å². The average molecular weight is 216 g/mol. The monoisotopic (exact) mass is 216 g/mol. The molecule has 0 saturated carbocycles. The lowest BCUT2D eigenvalue weighted by atomic mass is 10.5. The summed E-state index contributed by atoms with van der Waals surface area (Å²) in [5.74, 6) is 0. The molecular weight excluding hydrogens is 204 g/mol. The van der Waals surface area contributed by atoms with Gasteiger partial charge in [0.2, 0.25) is 0 Å². The van der Waals surface area contributed by atoms with Gasteiger partial charge in [-0.25, -0.2) is 0 Å². The Hall–Kier alpha value is -1.61. The maximum absolute atomic E-state index is 3.20. The quantitative estimate of drug-likeness (QED) is 0.742. The highest BCUT2D eigenvalue weighted by Crippen LogP contribution is 2.22. The van der Waals surface area contributed by atoms with E-state index in [4.69, 9.17) is 0 Å². The van der Waals surface area contributed by atoms with Crippen LogP contribution in [-0.2, 0) is 0 Å². The number of hydrogen-bond donors (Lipinski definition) is 2. The van der Waals surface area contributed by atoms with Crippen LogP contribution < -0.4 is 10.6 Å². The van der Waals surface area contributed by atoms with Crippen LogP contribution in [0.25, 0.3) is 0 Å². The minimum absolute atomic E-state index is 1.10. The Morgan fingerprint density at radius 1 is 0.667 bits per heavy atom. The van der Waals surface area contributed by atoms with Crippen LogP contribution >= 0.6 is 11.8 Å². The molecule has 0 radical (unpaired) electrons. The van der Waals surface area contributed by atoms with Crippen LogP contribution in [0.1, 0.15) is 0 Å². The highest BCUT2D eigenvalue weighted by Gasteiger charge is 2.01. The molecule has 2 rings (SSSR count). The normalized spacial score (nSPS) is 18.4. The van der Waals surface area contributed by atoms with E-state index in [0.29, 0.717) is 0 Å². The largest absolute Gasteiger partial charge is 0.356 e. The van der Waals surface area contributed by atoms with E-state index in [9.17, 15) is 0 Å². The van der Waals surface area contributed by atoms with Crippen molar-refractivity contribution in [3.63, 3.8) is 0 Å². The molecule has 0 unspecified atom stereocenters. The van der Waals surface area contributed by atoms with Gasteiger partial charge in [-0.1, -0.05) is 36.1 Å². The van der Waals surface area contributed by atoms with Crippen LogP contribution in [0.3, 0.4) is 0 Å². The highest BCUT2D eigenvalue weighted by atomic mass is 32.2. The fourth-order valence-corrected chi connectivity index (χ4v) is 1.91. The van der Waals surface area contributed by atoms with E-state index >= 15 is 0 Å². The zero-order valence-corrected chi connectivity index (χ0v) is 9.00. The predicted octanol–water partition coefficient (Wildman–Crippen LogP) is 2.75. The van der Waals surface area contributed by atoms with Crippen molar-refractivity contribution in [2.45, 2.75) is 0 Å². The third-order valence-electron chi connectivity index (χ3n) is 1.80. The van der Waals surface area contributed by atoms with Gasteiger partial charge in [0.15, 0.2) is 0 Å². The van der Waals surface area contributed by atoms with E-state index in [1.807, 2.05) is 61.0 Å². The average Bonchev–Trinajstić information content (AvgIpc) is 2.63. The summed E-state index contributed by atoms with van der Waals surface area (Å²) < 4.78 is 0. The van der Waals surface area contributed by atoms with Gasteiger partial charge in [-0.05, 0) is 24.3 Å². The Morgan fingerprint density at radius 3 is 1.73 bits per heavy atom. The number of allylic oxidation sites excluding steroid dienone is 8. The maximum atomic E-state index is 3.20. The first-order valence-corrected chi connectivity index (χ1v) is 5.55. The van der Waals surface area contributed by atoms with Crippen molar-refractivity contribution < 1.29 is 0 Å². The van der Waals surface area contributed by atoms with E-state index in [1.165, 1.54) is 0 Å². The molecule has 76 valence electrons. The molecule has 2 aliphatic rings. The van der Waals surface area contributed by atoms with Crippen LogP contribution in [-0.4, -0.2) is 0 Å². The second kappa shape index (κ2) is 5.32. The van der Waals surface area contributed by atoms with E-state index in [1.54, 1.807) is 11.8 Å². The van der Waals surface area contributed by atoms with Gasteiger partial charge in [-0.15, -0.1) is 0 Å². The van der Waals surface area contributed by atoms with Crippen LogP contribution in [0.4, 0.5) is 0 Å². The van der Waals surface area contributed by atoms with E-state index in [0.717, 1.165) is 10.1 Å². The summed E-state index contributed by atoms with van der Waals surface area (Å²) >= 11 is 1.66. The molecule has 2 heterocycles. The van der Waals surface area contributed by atoms with Crippen molar-refractivity contribution in [2.24, 2.45) is 0 Å². The second-order valence-electron chi connectivity index (χ2n) is 2.94. The molecule has 2 N–H and O–H groups in total. The van der Waals surface area contributed by atoms with Gasteiger partial charge in [0, 0.05) is 12.4 Å². The van der Waals surface area contributed by atoms with Crippen molar-refractivity contribution in [2.75, 3.05) is 0 Å². The third kappa shape index (κ3) is 3.22. The molecule has 3 heteroatoms. The third-order valence-corrected chi connectivity index (χ3v) is 2.75. The predicted molar refractivity (Wildman–Crippen MR) is 66.6 cm³/mol. The Kier molecular flexibility index (Phi) is 3.52. The fourth-order valence-electron chi connectivity index (χ4n) is 1.13. The lowest BCUT2D eigenvalue weighted by Crippen LogP contribution is -2.06. The summed E-state index contributed by atoms with van der Waals surface area (Å²) in [5.41, 5.74) is 0. The van der Waals surface area contributed by atoms with E-state index < -0.39 is 0 Å². The molecule has 2 nitrogen and oxygen atoms in total. The first-order chi connectivity index (χ1) is 7.45. The smallest absolute Gasteiger partial charge is 0.0783 e. The van der Waals surface area contributed by atoms with Crippen molar-refractivity contribution in [1.29, 1.82) is 0 Å². The van der Waals surface area contributed by atoms with Crippen molar-refractivity contribution >= 4 is 11.8 Å². The number of hydrogen-bond acceptors (Lipinski definition) is 3. The molecule has 0 atom stereocenters. The molecule has 0 spiro atoms. The van der Waals surface area contributed by atoms with Crippen LogP contribution in [0.15, 0.2) is 71.1 Å². The minimum Gasteiger partial charge on any atom is -0.356 e. The summed E-state index contributed by atoms with van der Waals surface area (Å²) in [5, 5.41) is 8.60. The Balaban J connectivity index is 2.02. The topological polar surface area (TPSA) is 24.1 Å². The number of thioether (sulfide) groups is 1. The summed E-state index contributed by atoms with van der Waals surface area (Å²) in [6.07, 6.45) is 19.9. The first-order valence-electron chi connectivity index (χ1n) is 4.73. The lowest BCUT2D eigenvalue weighted by molar-refractivity contribution is 1.15. The zero-order valence-electron chi connectivity index (χ0n) is 8.18. The van der Waals surface area contributed by atoms with Crippen molar-refractivity contribution in [3.05, 3.63) is 71.1 Å². The molecule has 0 aliphatic carbocycles. The Bertz CT molecular complexity index is 360. The first kappa shape index (κ1) is 9.93. The molecule has 0 aromatic rings. The van der Waals surface area contributed by atoms with Crippen molar-refractivity contribution in [3.8, 4) is 0 Å². The molecule has 0 amide bonds. The standard InChI is InChI=1S/C12H12N2S/c1-3-7-11(13-9-5-1)15-12-8-4-2-6-10-14-12/h1-10,13-14H. The minimum atomic E-state index is 1.10. The van der Waals surface area contributed by atoms with Gasteiger partial charge in [0.05, 0.1) is 10.1 Å². The van der Waals surface area contributed by atoms with Crippen LogP contribution in [0.2, 0.25) is 0 Å². The van der Waals surface area contributed by atoms with Crippen LogP contribution in [0.5, 0.6) is 0 Å². The number of rotatable bonds is 2. The zero-order chi connectivity index (χ0) is 10.3. The lowest BCUT2D eigenvalue weighted by Gasteiger charge is -2.08. The molecule has 0 aromatic carbocycles. The summed E-state index contributed by atoms with van der Waals surface area (Å²) in [7, 11) is 0. The SMILES string of the molecule is C1=CC=C(SC2=CC=CC=CN2)NC=C1. The summed E-state index contributed by atoms with van der Waals surface area (Å²) in [6.45, 7) is 0. The van der Waals surface area contributed by atoms with Gasteiger partial charge < -0.3 is 10.6 Å². The molecule has 0 bridgehead atoms. The van der Waals surface area contributed by atoms with Gasteiger partial charge >= 0.3 is 0 Å². The second-order valence-corrected chi connectivity index (χ2v) is 4.02. The maximum Gasteiger partial charge on any atom is 0.0783 e. The van der Waals surface area contributed by atoms with E-state index in [-0.39, 0.29) is 0 Å².